The molecule has 1 heterocycles. The first-order chi connectivity index (χ1) is 9.69. The second-order valence-electron chi connectivity index (χ2n) is 4.33. The molecule has 0 bridgehead atoms. The van der Waals surface area contributed by atoms with Crippen LogP contribution in [0.3, 0.4) is 0 Å². The van der Waals surface area contributed by atoms with Crippen molar-refractivity contribution in [1.29, 1.82) is 0 Å². The summed E-state index contributed by atoms with van der Waals surface area (Å²) in [5.74, 6) is 0.438. The van der Waals surface area contributed by atoms with Gasteiger partial charge in [-0.3, -0.25) is 4.98 Å². The Hall–Kier alpha value is -1.46. The van der Waals surface area contributed by atoms with E-state index in [2.05, 4.69) is 33.2 Å². The monoisotopic (exact) mass is 338 g/mol. The molecule has 0 spiro atoms. The van der Waals surface area contributed by atoms with E-state index in [4.69, 9.17) is 4.74 Å². The normalized spacial score (nSPS) is 10.6. The molecular weight excluding hydrogens is 323 g/mol. The smallest absolute Gasteiger partial charge is 0.141 e. The van der Waals surface area contributed by atoms with Crippen molar-refractivity contribution in [3.63, 3.8) is 0 Å². The number of nitrogens with one attached hydrogen (secondary N) is 1. The Kier molecular flexibility index (Phi) is 5.49. The minimum atomic E-state index is -0.352. The van der Waals surface area contributed by atoms with Crippen LogP contribution in [0.15, 0.2) is 41.1 Å². The van der Waals surface area contributed by atoms with Crippen LogP contribution >= 0.6 is 15.9 Å². The van der Waals surface area contributed by atoms with Gasteiger partial charge in [-0.2, -0.15) is 0 Å². The zero-order chi connectivity index (χ0) is 14.4. The zero-order valence-electron chi connectivity index (χ0n) is 11.2. The highest BCUT2D eigenvalue weighted by Crippen LogP contribution is 2.24. The molecule has 2 rings (SSSR count). The summed E-state index contributed by atoms with van der Waals surface area (Å²) < 4.78 is 19.8. The summed E-state index contributed by atoms with van der Waals surface area (Å²) in [6.07, 6.45) is 2.78. The van der Waals surface area contributed by atoms with Gasteiger partial charge in [0.05, 0.1) is 6.20 Å². The molecule has 0 atom stereocenters. The highest BCUT2D eigenvalue weighted by atomic mass is 79.9. The van der Waals surface area contributed by atoms with Crippen molar-refractivity contribution in [2.24, 2.45) is 0 Å². The highest BCUT2D eigenvalue weighted by molar-refractivity contribution is 9.10. The van der Waals surface area contributed by atoms with Crippen molar-refractivity contribution in [3.05, 3.63) is 58.1 Å². The van der Waals surface area contributed by atoms with Gasteiger partial charge in [0.1, 0.15) is 18.2 Å². The largest absolute Gasteiger partial charge is 0.489 e. The van der Waals surface area contributed by atoms with Crippen LogP contribution in [0.5, 0.6) is 5.75 Å². The molecule has 20 heavy (non-hydrogen) atoms. The van der Waals surface area contributed by atoms with Crippen molar-refractivity contribution in [3.8, 4) is 5.75 Å². The molecule has 106 valence electrons. The third-order valence-electron chi connectivity index (χ3n) is 2.74. The molecule has 0 aliphatic heterocycles. The average Bonchev–Trinajstić information content (AvgIpc) is 2.44. The van der Waals surface area contributed by atoms with Gasteiger partial charge in [-0.1, -0.05) is 22.9 Å². The maximum absolute atomic E-state index is 13.1. The zero-order valence-corrected chi connectivity index (χ0v) is 12.8. The number of aromatic nitrogens is 1. The summed E-state index contributed by atoms with van der Waals surface area (Å²) >= 11 is 3.45. The maximum atomic E-state index is 13.1. The van der Waals surface area contributed by atoms with Crippen LogP contribution in [0.1, 0.15) is 18.1 Å². The molecule has 0 amide bonds. The molecule has 0 fully saturated rings. The minimum absolute atomic E-state index is 0.297. The maximum Gasteiger partial charge on any atom is 0.141 e. The minimum Gasteiger partial charge on any atom is -0.489 e. The molecule has 0 saturated carbocycles. The van der Waals surface area contributed by atoms with Gasteiger partial charge < -0.3 is 10.1 Å². The van der Waals surface area contributed by atoms with Crippen molar-refractivity contribution in [2.75, 3.05) is 6.54 Å². The number of ether oxygens (including phenoxy) is 1. The first-order valence-electron chi connectivity index (χ1n) is 6.40. The Morgan fingerprint density at radius 2 is 2.15 bits per heavy atom. The van der Waals surface area contributed by atoms with Gasteiger partial charge in [0.25, 0.3) is 0 Å². The number of hydrogen-bond acceptors (Lipinski definition) is 3. The molecule has 1 aromatic heterocycles. The van der Waals surface area contributed by atoms with E-state index in [1.54, 1.807) is 6.20 Å². The Morgan fingerprint density at radius 3 is 2.90 bits per heavy atom. The molecule has 1 N–H and O–H groups in total. The van der Waals surface area contributed by atoms with E-state index >= 15 is 0 Å². The second kappa shape index (κ2) is 7.36. The number of nitrogens with zero attached hydrogens (tertiary/aromatic N) is 1. The summed E-state index contributed by atoms with van der Waals surface area (Å²) in [5.41, 5.74) is 1.77. The molecular formula is C15H16BrFN2O. The van der Waals surface area contributed by atoms with Crippen LogP contribution in [0, 0.1) is 5.82 Å². The number of halogens is 2. The highest BCUT2D eigenvalue weighted by Gasteiger charge is 2.05. The van der Waals surface area contributed by atoms with Gasteiger partial charge in [0.15, 0.2) is 0 Å². The molecule has 0 saturated heterocycles. The number of rotatable bonds is 6. The predicted molar refractivity (Wildman–Crippen MR) is 80.0 cm³/mol. The molecule has 0 radical (unpaired) electrons. The van der Waals surface area contributed by atoms with Crippen LogP contribution in [-0.4, -0.2) is 11.5 Å². The second-order valence-corrected chi connectivity index (χ2v) is 5.25. The Balaban J connectivity index is 2.08. The lowest BCUT2D eigenvalue weighted by molar-refractivity contribution is 0.301. The summed E-state index contributed by atoms with van der Waals surface area (Å²) in [4.78, 5) is 3.81. The van der Waals surface area contributed by atoms with Crippen LogP contribution in [0.4, 0.5) is 4.39 Å². The molecule has 5 heteroatoms. The van der Waals surface area contributed by atoms with E-state index in [9.17, 15) is 4.39 Å². The first-order valence-corrected chi connectivity index (χ1v) is 7.19. The summed E-state index contributed by atoms with van der Waals surface area (Å²) in [6, 6.07) is 7.27. The fraction of sp³-hybridized carbons (Fsp3) is 0.267. The van der Waals surface area contributed by atoms with Crippen LogP contribution in [0.2, 0.25) is 0 Å². The Bertz CT molecular complexity index is 578. The van der Waals surface area contributed by atoms with E-state index in [-0.39, 0.29) is 5.82 Å². The van der Waals surface area contributed by atoms with Gasteiger partial charge in [-0.25, -0.2) is 4.39 Å². The third kappa shape index (κ3) is 4.28. The molecule has 2 aromatic rings. The van der Waals surface area contributed by atoms with Crippen molar-refractivity contribution >= 4 is 15.9 Å². The Morgan fingerprint density at radius 1 is 1.30 bits per heavy atom. The van der Waals surface area contributed by atoms with Crippen molar-refractivity contribution in [2.45, 2.75) is 20.1 Å². The summed E-state index contributed by atoms with van der Waals surface area (Å²) in [5, 5.41) is 3.27. The van der Waals surface area contributed by atoms with Gasteiger partial charge in [-0.15, -0.1) is 0 Å². The molecule has 1 aromatic carbocycles. The fourth-order valence-electron chi connectivity index (χ4n) is 1.78. The average molecular weight is 339 g/mol. The SMILES string of the molecule is CCNCc1cc(Br)ccc1OCc1cncc(F)c1. The number of hydrogen-bond donors (Lipinski definition) is 1. The standard InChI is InChI=1S/C15H16BrFN2O/c1-2-18-8-12-6-13(16)3-4-15(12)20-10-11-5-14(17)9-19-7-11/h3-7,9,18H,2,8,10H2,1H3. The Labute approximate surface area is 126 Å². The number of pyridine rings is 1. The summed E-state index contributed by atoms with van der Waals surface area (Å²) in [7, 11) is 0. The molecule has 3 nitrogen and oxygen atoms in total. The molecule has 0 aliphatic rings. The van der Waals surface area contributed by atoms with E-state index in [0.717, 1.165) is 28.9 Å². The number of benzene rings is 1. The first kappa shape index (κ1) is 14.9. The van der Waals surface area contributed by atoms with Gasteiger partial charge >= 0.3 is 0 Å². The lowest BCUT2D eigenvalue weighted by Crippen LogP contribution is -2.13. The van der Waals surface area contributed by atoms with E-state index < -0.39 is 0 Å². The van der Waals surface area contributed by atoms with E-state index in [1.807, 2.05) is 18.2 Å². The summed E-state index contributed by atoms with van der Waals surface area (Å²) in [6.45, 7) is 3.97. The van der Waals surface area contributed by atoms with Gasteiger partial charge in [0, 0.05) is 28.3 Å². The van der Waals surface area contributed by atoms with Crippen molar-refractivity contribution in [1.82, 2.24) is 10.3 Å². The lowest BCUT2D eigenvalue weighted by atomic mass is 10.2. The fourth-order valence-corrected chi connectivity index (χ4v) is 2.19. The topological polar surface area (TPSA) is 34.1 Å². The van der Waals surface area contributed by atoms with Crippen molar-refractivity contribution < 1.29 is 9.13 Å². The third-order valence-corrected chi connectivity index (χ3v) is 3.24. The van der Waals surface area contributed by atoms with Gasteiger partial charge in [0.2, 0.25) is 0 Å². The quantitative estimate of drug-likeness (QED) is 0.872. The van der Waals surface area contributed by atoms with Gasteiger partial charge in [-0.05, 0) is 30.8 Å². The predicted octanol–water partition coefficient (Wildman–Crippen LogP) is 3.67. The van der Waals surface area contributed by atoms with Crippen LogP contribution < -0.4 is 10.1 Å². The molecule has 0 unspecified atom stereocenters. The lowest BCUT2D eigenvalue weighted by Gasteiger charge is -2.12. The molecule has 0 aliphatic carbocycles. The van der Waals surface area contributed by atoms with E-state index in [1.165, 1.54) is 12.3 Å². The van der Waals surface area contributed by atoms with Crippen LogP contribution in [-0.2, 0) is 13.2 Å². The van der Waals surface area contributed by atoms with E-state index in [0.29, 0.717) is 12.2 Å². The van der Waals surface area contributed by atoms with Crippen LogP contribution in [0.25, 0.3) is 0 Å².